The SMILES string of the molecule is O=C1CCC(C(=O)NCCc2ccc3c(c2)CCCS3(=O)=O)=NN1. The van der Waals surface area contributed by atoms with E-state index in [4.69, 9.17) is 0 Å². The number of aryl methyl sites for hydroxylation is 1. The predicted molar refractivity (Wildman–Crippen MR) is 88.3 cm³/mol. The van der Waals surface area contributed by atoms with Crippen LogP contribution in [0.25, 0.3) is 0 Å². The van der Waals surface area contributed by atoms with Crippen molar-refractivity contribution in [3.05, 3.63) is 29.3 Å². The maximum Gasteiger partial charge on any atom is 0.267 e. The minimum atomic E-state index is -3.13. The van der Waals surface area contributed by atoms with Crippen LogP contribution in [0.2, 0.25) is 0 Å². The van der Waals surface area contributed by atoms with E-state index < -0.39 is 9.84 Å². The molecule has 0 bridgehead atoms. The van der Waals surface area contributed by atoms with Gasteiger partial charge in [0.15, 0.2) is 9.84 Å². The van der Waals surface area contributed by atoms with E-state index in [9.17, 15) is 18.0 Å². The summed E-state index contributed by atoms with van der Waals surface area (Å²) in [4.78, 5) is 23.4. The Balaban J connectivity index is 1.58. The molecule has 8 heteroatoms. The third kappa shape index (κ3) is 3.64. The first-order valence-corrected chi connectivity index (χ1v) is 9.59. The molecule has 128 valence electrons. The summed E-state index contributed by atoms with van der Waals surface area (Å²) in [5, 5.41) is 6.52. The number of nitrogens with one attached hydrogen (secondary N) is 2. The number of nitrogens with zero attached hydrogens (tertiary/aromatic N) is 1. The normalized spacial score (nSPS) is 19.0. The van der Waals surface area contributed by atoms with Gasteiger partial charge in [-0.3, -0.25) is 9.59 Å². The van der Waals surface area contributed by atoms with E-state index in [1.165, 1.54) is 0 Å². The van der Waals surface area contributed by atoms with Crippen LogP contribution in [0.1, 0.15) is 30.4 Å². The van der Waals surface area contributed by atoms with Gasteiger partial charge in [-0.1, -0.05) is 12.1 Å². The van der Waals surface area contributed by atoms with E-state index in [0.717, 1.165) is 17.5 Å². The Kier molecular flexibility index (Phi) is 4.66. The zero-order chi connectivity index (χ0) is 17.2. The average molecular weight is 349 g/mol. The van der Waals surface area contributed by atoms with Gasteiger partial charge in [0, 0.05) is 19.4 Å². The van der Waals surface area contributed by atoms with E-state index in [-0.39, 0.29) is 24.0 Å². The lowest BCUT2D eigenvalue weighted by Gasteiger charge is -2.17. The van der Waals surface area contributed by atoms with Gasteiger partial charge in [-0.2, -0.15) is 5.10 Å². The quantitative estimate of drug-likeness (QED) is 0.817. The first-order valence-electron chi connectivity index (χ1n) is 7.94. The fraction of sp³-hybridized carbons (Fsp3) is 0.438. The third-order valence-corrected chi connectivity index (χ3v) is 6.08. The van der Waals surface area contributed by atoms with Crippen LogP contribution in [0.4, 0.5) is 0 Å². The second-order valence-corrected chi connectivity index (χ2v) is 8.04. The number of amides is 2. The second kappa shape index (κ2) is 6.72. The van der Waals surface area contributed by atoms with Gasteiger partial charge >= 0.3 is 0 Å². The van der Waals surface area contributed by atoms with Crippen molar-refractivity contribution in [2.24, 2.45) is 5.10 Å². The molecule has 2 N–H and O–H groups in total. The number of sulfone groups is 1. The Hall–Kier alpha value is -2.22. The van der Waals surface area contributed by atoms with Gasteiger partial charge in [-0.15, -0.1) is 0 Å². The number of hydrogen-bond donors (Lipinski definition) is 2. The summed E-state index contributed by atoms with van der Waals surface area (Å²) < 4.78 is 24.0. The van der Waals surface area contributed by atoms with Crippen LogP contribution >= 0.6 is 0 Å². The van der Waals surface area contributed by atoms with Gasteiger partial charge < -0.3 is 5.32 Å². The minimum Gasteiger partial charge on any atom is -0.351 e. The first-order chi connectivity index (χ1) is 11.5. The van der Waals surface area contributed by atoms with Crippen molar-refractivity contribution in [1.82, 2.24) is 10.7 Å². The number of hydrogen-bond acceptors (Lipinski definition) is 5. The topological polar surface area (TPSA) is 105 Å². The molecule has 7 nitrogen and oxygen atoms in total. The molecule has 2 aliphatic rings. The Morgan fingerprint density at radius 3 is 2.83 bits per heavy atom. The number of rotatable bonds is 4. The van der Waals surface area contributed by atoms with Gasteiger partial charge in [0.2, 0.25) is 5.91 Å². The predicted octanol–water partition coefficient (Wildman–Crippen LogP) is 0.331. The lowest BCUT2D eigenvalue weighted by Crippen LogP contribution is -2.37. The van der Waals surface area contributed by atoms with Crippen molar-refractivity contribution >= 4 is 27.4 Å². The van der Waals surface area contributed by atoms with Gasteiger partial charge in [0.05, 0.1) is 10.6 Å². The van der Waals surface area contributed by atoms with Gasteiger partial charge in [-0.25, -0.2) is 13.8 Å². The molecule has 2 aliphatic heterocycles. The molecule has 0 saturated carbocycles. The summed E-state index contributed by atoms with van der Waals surface area (Å²) in [6.07, 6.45) is 2.64. The van der Waals surface area contributed by atoms with Gasteiger partial charge in [0.25, 0.3) is 5.91 Å². The monoisotopic (exact) mass is 349 g/mol. The minimum absolute atomic E-state index is 0.185. The summed E-state index contributed by atoms with van der Waals surface area (Å²) >= 11 is 0. The van der Waals surface area contributed by atoms with Gasteiger partial charge in [-0.05, 0) is 36.5 Å². The summed E-state index contributed by atoms with van der Waals surface area (Å²) in [5.74, 6) is -0.250. The maximum absolute atomic E-state index is 12.0. The second-order valence-electron chi connectivity index (χ2n) is 5.96. The van der Waals surface area contributed by atoms with Crippen molar-refractivity contribution in [2.75, 3.05) is 12.3 Å². The largest absolute Gasteiger partial charge is 0.351 e. The zero-order valence-electron chi connectivity index (χ0n) is 13.2. The van der Waals surface area contributed by atoms with Crippen LogP contribution < -0.4 is 10.7 Å². The highest BCUT2D eigenvalue weighted by molar-refractivity contribution is 7.91. The first kappa shape index (κ1) is 16.6. The molecule has 2 heterocycles. The van der Waals surface area contributed by atoms with Crippen LogP contribution in [0.5, 0.6) is 0 Å². The van der Waals surface area contributed by atoms with Crippen LogP contribution in [0.15, 0.2) is 28.2 Å². The van der Waals surface area contributed by atoms with Crippen molar-refractivity contribution in [3.8, 4) is 0 Å². The van der Waals surface area contributed by atoms with Crippen LogP contribution in [-0.2, 0) is 32.3 Å². The summed E-state index contributed by atoms with van der Waals surface area (Å²) in [5.41, 5.74) is 4.48. The van der Waals surface area contributed by atoms with Crippen molar-refractivity contribution in [2.45, 2.75) is 37.0 Å². The molecule has 0 atom stereocenters. The molecule has 0 fully saturated rings. The van der Waals surface area contributed by atoms with E-state index in [1.807, 2.05) is 6.07 Å². The standard InChI is InChI=1S/C16H19N3O4S/c20-15-6-4-13(18-19-15)16(21)17-8-7-11-3-5-14-12(10-11)2-1-9-24(14,22)23/h3,5,10H,1-2,4,6-9H2,(H,17,21)(H,19,20). The zero-order valence-corrected chi connectivity index (χ0v) is 14.0. The highest BCUT2D eigenvalue weighted by Crippen LogP contribution is 2.25. The van der Waals surface area contributed by atoms with E-state index >= 15 is 0 Å². The lowest BCUT2D eigenvalue weighted by molar-refractivity contribution is -0.121. The number of hydrazone groups is 1. The molecule has 0 saturated heterocycles. The molecule has 1 aromatic rings. The molecule has 0 aromatic heterocycles. The molecule has 24 heavy (non-hydrogen) atoms. The van der Waals surface area contributed by atoms with Crippen LogP contribution in [0, 0.1) is 0 Å². The number of fused-ring (bicyclic) bond motifs is 1. The molecule has 1 aromatic carbocycles. The van der Waals surface area contributed by atoms with E-state index in [0.29, 0.717) is 36.4 Å². The molecule has 2 amide bonds. The Labute approximate surface area is 140 Å². The highest BCUT2D eigenvalue weighted by Gasteiger charge is 2.23. The highest BCUT2D eigenvalue weighted by atomic mass is 32.2. The fourth-order valence-electron chi connectivity index (χ4n) is 2.91. The molecule has 3 rings (SSSR count). The van der Waals surface area contributed by atoms with Crippen molar-refractivity contribution < 1.29 is 18.0 Å². The maximum atomic E-state index is 12.0. The average Bonchev–Trinajstić information content (AvgIpc) is 2.55. The van der Waals surface area contributed by atoms with E-state index in [2.05, 4.69) is 15.8 Å². The van der Waals surface area contributed by atoms with Crippen LogP contribution in [-0.4, -0.2) is 38.2 Å². The third-order valence-electron chi connectivity index (χ3n) is 4.18. The summed E-state index contributed by atoms with van der Waals surface area (Å²) in [7, 11) is -3.13. The molecule has 0 unspecified atom stereocenters. The molecular weight excluding hydrogens is 330 g/mol. The molecule has 0 radical (unpaired) electrons. The number of carbonyl (C=O) groups excluding carboxylic acids is 2. The van der Waals surface area contributed by atoms with E-state index in [1.54, 1.807) is 12.1 Å². The fourth-order valence-corrected chi connectivity index (χ4v) is 4.49. The number of benzene rings is 1. The van der Waals surface area contributed by atoms with Gasteiger partial charge in [0.1, 0.15) is 5.71 Å². The number of carbonyl (C=O) groups is 2. The molecule has 0 aliphatic carbocycles. The summed E-state index contributed by atoms with van der Waals surface area (Å²) in [6, 6.07) is 5.38. The molecular formula is C16H19N3O4S. The Morgan fingerprint density at radius 2 is 2.08 bits per heavy atom. The smallest absolute Gasteiger partial charge is 0.267 e. The Morgan fingerprint density at radius 1 is 1.25 bits per heavy atom. The molecule has 0 spiro atoms. The van der Waals surface area contributed by atoms with Crippen molar-refractivity contribution in [1.29, 1.82) is 0 Å². The summed E-state index contributed by atoms with van der Waals surface area (Å²) in [6.45, 7) is 0.428. The van der Waals surface area contributed by atoms with Crippen LogP contribution in [0.3, 0.4) is 0 Å². The lowest BCUT2D eigenvalue weighted by atomic mass is 10.0. The Bertz CT molecular complexity index is 815. The van der Waals surface area contributed by atoms with Crippen molar-refractivity contribution in [3.63, 3.8) is 0 Å².